The molecule has 96 valence electrons. The summed E-state index contributed by atoms with van der Waals surface area (Å²) < 4.78 is 5.23. The fourth-order valence-electron chi connectivity index (χ4n) is 2.16. The highest BCUT2D eigenvalue weighted by Crippen LogP contribution is 2.48. The quantitative estimate of drug-likeness (QED) is 0.836. The number of hydrogen-bond acceptors (Lipinski definition) is 3. The Balaban J connectivity index is 1.91. The Hall–Kier alpha value is -1.53. The van der Waals surface area contributed by atoms with Gasteiger partial charge in [-0.2, -0.15) is 5.26 Å². The molecule has 1 N–H and O–H groups in total. The third-order valence-corrected chi connectivity index (χ3v) is 3.79. The lowest BCUT2D eigenvalue weighted by Crippen LogP contribution is -2.26. The minimum absolute atomic E-state index is 0.252. The van der Waals surface area contributed by atoms with Crippen molar-refractivity contribution in [1.82, 2.24) is 5.32 Å². The Morgan fingerprint density at radius 2 is 2.28 bits per heavy atom. The summed E-state index contributed by atoms with van der Waals surface area (Å²) in [7, 11) is 1.68. The molecule has 3 heteroatoms. The van der Waals surface area contributed by atoms with Gasteiger partial charge in [-0.1, -0.05) is 12.1 Å². The Kier molecular flexibility index (Phi) is 3.88. The minimum Gasteiger partial charge on any atom is -0.497 e. The van der Waals surface area contributed by atoms with Crippen LogP contribution in [0.15, 0.2) is 24.3 Å². The van der Waals surface area contributed by atoms with Crippen LogP contribution >= 0.6 is 0 Å². The lowest BCUT2D eigenvalue weighted by atomic mass is 10.0. The van der Waals surface area contributed by atoms with Gasteiger partial charge >= 0.3 is 0 Å². The highest BCUT2D eigenvalue weighted by Gasteiger charge is 2.42. The maximum atomic E-state index is 8.80. The van der Waals surface area contributed by atoms with Gasteiger partial charge in [0.1, 0.15) is 5.75 Å². The van der Waals surface area contributed by atoms with Gasteiger partial charge in [0.2, 0.25) is 0 Å². The maximum absolute atomic E-state index is 8.80. The molecule has 1 aliphatic rings. The van der Waals surface area contributed by atoms with Gasteiger partial charge in [0.15, 0.2) is 0 Å². The smallest absolute Gasteiger partial charge is 0.119 e. The summed E-state index contributed by atoms with van der Waals surface area (Å²) in [6.45, 7) is 3.08. The van der Waals surface area contributed by atoms with Crippen molar-refractivity contribution in [2.45, 2.75) is 32.2 Å². The van der Waals surface area contributed by atoms with Crippen LogP contribution in [0.2, 0.25) is 0 Å². The lowest BCUT2D eigenvalue weighted by molar-refractivity contribution is 0.410. The van der Waals surface area contributed by atoms with Gasteiger partial charge in [-0.15, -0.1) is 0 Å². The molecule has 0 saturated heterocycles. The van der Waals surface area contributed by atoms with E-state index in [-0.39, 0.29) is 11.5 Å². The third-order valence-electron chi connectivity index (χ3n) is 3.79. The second-order valence-electron chi connectivity index (χ2n) is 5.21. The molecule has 0 heterocycles. The monoisotopic (exact) mass is 244 g/mol. The zero-order chi connectivity index (χ0) is 13.0. The Morgan fingerprint density at radius 3 is 2.89 bits per heavy atom. The van der Waals surface area contributed by atoms with Gasteiger partial charge in [-0.25, -0.2) is 0 Å². The van der Waals surface area contributed by atoms with E-state index in [2.05, 4.69) is 30.4 Å². The number of methoxy groups -OCH3 is 1. The number of nitriles is 1. The normalized spacial score (nSPS) is 17.8. The largest absolute Gasteiger partial charge is 0.497 e. The number of nitrogens with zero attached hydrogens (tertiary/aromatic N) is 1. The molecule has 1 atom stereocenters. The van der Waals surface area contributed by atoms with Crippen molar-refractivity contribution in [3.63, 3.8) is 0 Å². The fraction of sp³-hybridized carbons (Fsp3) is 0.533. The van der Waals surface area contributed by atoms with E-state index >= 15 is 0 Å². The van der Waals surface area contributed by atoms with E-state index in [1.54, 1.807) is 7.11 Å². The van der Waals surface area contributed by atoms with Crippen LogP contribution in [-0.4, -0.2) is 13.7 Å². The summed E-state index contributed by atoms with van der Waals surface area (Å²) in [5, 5.41) is 12.3. The average molecular weight is 244 g/mol. The number of hydrogen-bond donors (Lipinski definition) is 1. The average Bonchev–Trinajstić information content (AvgIpc) is 3.17. The molecule has 2 rings (SSSR count). The van der Waals surface area contributed by atoms with Gasteiger partial charge in [-0.3, -0.25) is 0 Å². The van der Waals surface area contributed by atoms with E-state index in [1.807, 2.05) is 12.1 Å². The summed E-state index contributed by atoms with van der Waals surface area (Å²) in [5.41, 5.74) is 1.48. The van der Waals surface area contributed by atoms with E-state index in [0.717, 1.165) is 12.3 Å². The lowest BCUT2D eigenvalue weighted by Gasteiger charge is -2.19. The Morgan fingerprint density at radius 1 is 1.50 bits per heavy atom. The van der Waals surface area contributed by atoms with Gasteiger partial charge in [0.05, 0.1) is 13.2 Å². The van der Waals surface area contributed by atoms with Gasteiger partial charge in [0, 0.05) is 19.0 Å². The first kappa shape index (κ1) is 12.9. The molecular formula is C15H20N2O. The van der Waals surface area contributed by atoms with E-state index in [9.17, 15) is 0 Å². The fourth-order valence-corrected chi connectivity index (χ4v) is 2.16. The predicted octanol–water partition coefficient (Wildman–Crippen LogP) is 3.04. The van der Waals surface area contributed by atoms with Gasteiger partial charge in [-0.05, 0) is 42.9 Å². The SMILES string of the molecule is COc1cccc([C@@H](C)NCC2(CC#N)CC2)c1. The zero-order valence-corrected chi connectivity index (χ0v) is 11.1. The van der Waals surface area contributed by atoms with Crippen LogP contribution in [-0.2, 0) is 0 Å². The van der Waals surface area contributed by atoms with Crippen molar-refractivity contribution >= 4 is 0 Å². The second-order valence-corrected chi connectivity index (χ2v) is 5.21. The predicted molar refractivity (Wildman–Crippen MR) is 71.3 cm³/mol. The van der Waals surface area contributed by atoms with Crippen molar-refractivity contribution in [1.29, 1.82) is 5.26 Å². The summed E-state index contributed by atoms with van der Waals surface area (Å²) in [4.78, 5) is 0. The third kappa shape index (κ3) is 3.02. The molecule has 1 aromatic rings. The second kappa shape index (κ2) is 5.41. The summed E-state index contributed by atoms with van der Waals surface area (Å²) in [5.74, 6) is 0.888. The van der Waals surface area contributed by atoms with Crippen molar-refractivity contribution in [3.05, 3.63) is 29.8 Å². The number of nitrogens with one attached hydrogen (secondary N) is 1. The minimum atomic E-state index is 0.252. The van der Waals surface area contributed by atoms with Crippen molar-refractivity contribution in [2.24, 2.45) is 5.41 Å². The van der Waals surface area contributed by atoms with Crippen LogP contribution in [0, 0.1) is 16.7 Å². The molecule has 0 radical (unpaired) electrons. The molecule has 1 aliphatic carbocycles. The molecule has 1 fully saturated rings. The Labute approximate surface area is 109 Å². The highest BCUT2D eigenvalue weighted by molar-refractivity contribution is 5.30. The van der Waals surface area contributed by atoms with E-state index < -0.39 is 0 Å². The standard InChI is InChI=1S/C15H20N2O/c1-12(13-4-3-5-14(10-13)18-2)17-11-15(6-7-15)8-9-16/h3-5,10,12,17H,6-8,11H2,1-2H3/t12-/m1/s1. The van der Waals surface area contributed by atoms with Gasteiger partial charge < -0.3 is 10.1 Å². The maximum Gasteiger partial charge on any atom is 0.119 e. The molecule has 0 aromatic heterocycles. The first-order valence-corrected chi connectivity index (χ1v) is 6.43. The molecule has 0 bridgehead atoms. The van der Waals surface area contributed by atoms with Crippen LogP contribution in [0.25, 0.3) is 0 Å². The zero-order valence-electron chi connectivity index (χ0n) is 11.1. The molecule has 0 unspecified atom stereocenters. The van der Waals surface area contributed by atoms with Crippen LogP contribution in [0.3, 0.4) is 0 Å². The first-order chi connectivity index (χ1) is 8.69. The molecule has 3 nitrogen and oxygen atoms in total. The molecule has 0 amide bonds. The topological polar surface area (TPSA) is 45.0 Å². The summed E-state index contributed by atoms with van der Waals surface area (Å²) in [6.07, 6.45) is 3.03. The first-order valence-electron chi connectivity index (χ1n) is 6.43. The number of benzene rings is 1. The van der Waals surface area contributed by atoms with Crippen molar-refractivity contribution in [3.8, 4) is 11.8 Å². The summed E-state index contributed by atoms with van der Waals surface area (Å²) >= 11 is 0. The molecule has 1 saturated carbocycles. The molecule has 1 aromatic carbocycles. The highest BCUT2D eigenvalue weighted by atomic mass is 16.5. The number of rotatable bonds is 6. The molecular weight excluding hydrogens is 224 g/mol. The van der Waals surface area contributed by atoms with Crippen molar-refractivity contribution < 1.29 is 4.74 Å². The van der Waals surface area contributed by atoms with Crippen LogP contribution < -0.4 is 10.1 Å². The van der Waals surface area contributed by atoms with E-state index in [0.29, 0.717) is 6.42 Å². The van der Waals surface area contributed by atoms with E-state index in [1.165, 1.54) is 18.4 Å². The molecule has 0 spiro atoms. The van der Waals surface area contributed by atoms with Crippen LogP contribution in [0.4, 0.5) is 0 Å². The van der Waals surface area contributed by atoms with Crippen LogP contribution in [0.1, 0.15) is 37.8 Å². The van der Waals surface area contributed by atoms with Crippen LogP contribution in [0.5, 0.6) is 5.75 Å². The van der Waals surface area contributed by atoms with E-state index in [4.69, 9.17) is 10.00 Å². The van der Waals surface area contributed by atoms with Crippen molar-refractivity contribution in [2.75, 3.05) is 13.7 Å². The summed E-state index contributed by atoms with van der Waals surface area (Å²) in [6, 6.07) is 10.7. The molecule has 0 aliphatic heterocycles. The number of ether oxygens (including phenoxy) is 1. The molecule has 18 heavy (non-hydrogen) atoms. The van der Waals surface area contributed by atoms with Gasteiger partial charge in [0.25, 0.3) is 0 Å². The Bertz CT molecular complexity index is 446.